The fraction of sp³-hybridized carbons (Fsp3) is 0.682. The number of sulfonamides is 1. The summed E-state index contributed by atoms with van der Waals surface area (Å²) in [6.07, 6.45) is 8.31. The third kappa shape index (κ3) is 3.50. The molecule has 5 rings (SSSR count). The number of aliphatic carboxylic acids is 1. The van der Waals surface area contributed by atoms with Gasteiger partial charge in [0.25, 0.3) is 0 Å². The monoisotopic (exact) mass is 405 g/mol. The highest BCUT2D eigenvalue weighted by Crippen LogP contribution is 2.61. The van der Waals surface area contributed by atoms with E-state index in [4.69, 9.17) is 5.11 Å². The molecule has 0 amide bonds. The largest absolute Gasteiger partial charge is 0.481 e. The van der Waals surface area contributed by atoms with Crippen LogP contribution in [0.3, 0.4) is 0 Å². The first kappa shape index (κ1) is 19.9. The zero-order chi connectivity index (χ0) is 20.1. The number of carbonyl (C=O) groups is 1. The Bertz CT molecular complexity index is 811. The van der Waals surface area contributed by atoms with Gasteiger partial charge in [0.15, 0.2) is 0 Å². The van der Waals surface area contributed by atoms with Gasteiger partial charge in [-0.2, -0.15) is 0 Å². The van der Waals surface area contributed by atoms with E-state index in [-0.39, 0.29) is 16.4 Å². The quantitative estimate of drug-likeness (QED) is 0.714. The van der Waals surface area contributed by atoms with Crippen molar-refractivity contribution in [1.82, 2.24) is 4.72 Å². The maximum absolute atomic E-state index is 13.1. The highest BCUT2D eigenvalue weighted by molar-refractivity contribution is 7.89. The average Bonchev–Trinajstić information content (AvgIpc) is 2.64. The summed E-state index contributed by atoms with van der Waals surface area (Å²) in [7, 11) is -3.63. The first-order valence-electron chi connectivity index (χ1n) is 10.6. The molecule has 0 aromatic heterocycles. The molecule has 0 heterocycles. The van der Waals surface area contributed by atoms with Gasteiger partial charge in [-0.1, -0.05) is 19.1 Å². The SMILES string of the molecule is CCC(NS(=O)(=O)c1ccc(C(C)C(=O)O)cc1)C12CC3CC(CC(C3)C1)C2. The maximum atomic E-state index is 13.1. The van der Waals surface area contributed by atoms with Crippen molar-refractivity contribution in [3.05, 3.63) is 29.8 Å². The Hall–Kier alpha value is -1.40. The lowest BCUT2D eigenvalue weighted by Crippen LogP contribution is -2.56. The van der Waals surface area contributed by atoms with Crippen molar-refractivity contribution in [2.24, 2.45) is 23.2 Å². The van der Waals surface area contributed by atoms with Crippen molar-refractivity contribution in [2.45, 2.75) is 75.6 Å². The van der Waals surface area contributed by atoms with Gasteiger partial charge in [-0.05, 0) is 92.7 Å². The van der Waals surface area contributed by atoms with Crippen molar-refractivity contribution >= 4 is 16.0 Å². The summed E-state index contributed by atoms with van der Waals surface area (Å²) in [6.45, 7) is 3.69. The summed E-state index contributed by atoms with van der Waals surface area (Å²) >= 11 is 0. The third-order valence-corrected chi connectivity index (χ3v) is 9.08. The molecule has 2 unspecified atom stereocenters. The number of hydrogen-bond acceptors (Lipinski definition) is 3. The molecule has 4 aliphatic carbocycles. The molecule has 2 N–H and O–H groups in total. The Morgan fingerprint density at radius 2 is 1.61 bits per heavy atom. The van der Waals surface area contributed by atoms with Crippen molar-refractivity contribution in [1.29, 1.82) is 0 Å². The van der Waals surface area contributed by atoms with E-state index in [1.165, 1.54) is 31.4 Å². The topological polar surface area (TPSA) is 83.5 Å². The second kappa shape index (κ2) is 7.13. The Morgan fingerprint density at radius 3 is 2.04 bits per heavy atom. The molecule has 0 radical (unpaired) electrons. The van der Waals surface area contributed by atoms with Crippen LogP contribution in [-0.2, 0) is 14.8 Å². The standard InChI is InChI=1S/C22H31NO4S/c1-3-20(22-11-15-8-16(12-22)10-17(9-15)13-22)23-28(26,27)19-6-4-18(5-7-19)14(2)21(24)25/h4-7,14-17,20,23H,3,8-13H2,1-2H3,(H,24,25). The predicted molar refractivity (Wildman–Crippen MR) is 107 cm³/mol. The van der Waals surface area contributed by atoms with Crippen molar-refractivity contribution in [2.75, 3.05) is 0 Å². The van der Waals surface area contributed by atoms with E-state index in [1.807, 2.05) is 0 Å². The smallest absolute Gasteiger partial charge is 0.310 e. The van der Waals surface area contributed by atoms with E-state index in [2.05, 4.69) is 11.6 Å². The minimum atomic E-state index is -3.63. The van der Waals surface area contributed by atoms with Crippen LogP contribution in [0.25, 0.3) is 0 Å². The summed E-state index contributed by atoms with van der Waals surface area (Å²) < 4.78 is 29.2. The zero-order valence-corrected chi connectivity index (χ0v) is 17.5. The van der Waals surface area contributed by atoms with Crippen molar-refractivity contribution in [3.63, 3.8) is 0 Å². The van der Waals surface area contributed by atoms with E-state index in [1.54, 1.807) is 19.1 Å². The number of hydrogen-bond donors (Lipinski definition) is 2. The van der Waals surface area contributed by atoms with Gasteiger partial charge in [-0.3, -0.25) is 4.79 Å². The lowest BCUT2D eigenvalue weighted by molar-refractivity contribution is -0.138. The van der Waals surface area contributed by atoms with Crippen LogP contribution in [-0.4, -0.2) is 25.5 Å². The maximum Gasteiger partial charge on any atom is 0.310 e. The molecule has 4 bridgehead atoms. The number of nitrogens with one attached hydrogen (secondary N) is 1. The lowest BCUT2D eigenvalue weighted by Gasteiger charge is -2.59. The lowest BCUT2D eigenvalue weighted by atomic mass is 9.47. The van der Waals surface area contributed by atoms with Crippen LogP contribution < -0.4 is 4.72 Å². The summed E-state index contributed by atoms with van der Waals surface area (Å²) in [6, 6.07) is 6.26. The van der Waals surface area contributed by atoms with Crippen LogP contribution in [0.4, 0.5) is 0 Å². The van der Waals surface area contributed by atoms with Crippen molar-refractivity contribution in [3.8, 4) is 0 Å². The molecule has 0 aliphatic heterocycles. The van der Waals surface area contributed by atoms with Gasteiger partial charge in [-0.15, -0.1) is 0 Å². The molecular formula is C22H31NO4S. The van der Waals surface area contributed by atoms with E-state index < -0.39 is 21.9 Å². The van der Waals surface area contributed by atoms with Gasteiger partial charge < -0.3 is 5.11 Å². The van der Waals surface area contributed by atoms with Crippen molar-refractivity contribution < 1.29 is 18.3 Å². The third-order valence-electron chi connectivity index (χ3n) is 7.59. The second-order valence-corrected chi connectivity index (χ2v) is 11.2. The normalized spacial score (nSPS) is 33.6. The van der Waals surface area contributed by atoms with E-state index in [0.29, 0.717) is 5.56 Å². The van der Waals surface area contributed by atoms with Gasteiger partial charge in [0.1, 0.15) is 0 Å². The Labute approximate surface area is 168 Å². The molecule has 1 aromatic carbocycles. The average molecular weight is 406 g/mol. The fourth-order valence-corrected chi connectivity index (χ4v) is 8.00. The minimum absolute atomic E-state index is 0.0245. The summed E-state index contributed by atoms with van der Waals surface area (Å²) in [5.41, 5.74) is 0.730. The number of carboxylic acids is 1. The Balaban J connectivity index is 1.54. The molecule has 28 heavy (non-hydrogen) atoms. The first-order valence-corrected chi connectivity index (χ1v) is 12.1. The molecule has 4 aliphatic rings. The highest BCUT2D eigenvalue weighted by atomic mass is 32.2. The summed E-state index contributed by atoms with van der Waals surface area (Å²) in [5.74, 6) is 0.770. The van der Waals surface area contributed by atoms with Crippen LogP contribution in [0.15, 0.2) is 29.2 Å². The summed E-state index contributed by atoms with van der Waals surface area (Å²) in [4.78, 5) is 11.4. The second-order valence-electron chi connectivity index (χ2n) is 9.49. The van der Waals surface area contributed by atoms with Crippen LogP contribution >= 0.6 is 0 Å². The summed E-state index contributed by atoms with van der Waals surface area (Å²) in [5, 5.41) is 9.14. The van der Waals surface area contributed by atoms with Gasteiger partial charge in [0.2, 0.25) is 10.0 Å². The van der Waals surface area contributed by atoms with Crippen LogP contribution in [0.2, 0.25) is 0 Å². The fourth-order valence-electron chi connectivity index (χ4n) is 6.58. The molecule has 0 saturated heterocycles. The number of rotatable bonds is 7. The van der Waals surface area contributed by atoms with E-state index >= 15 is 0 Å². The molecule has 2 atom stereocenters. The molecule has 0 spiro atoms. The molecule has 5 nitrogen and oxygen atoms in total. The first-order chi connectivity index (χ1) is 13.2. The zero-order valence-electron chi connectivity index (χ0n) is 16.7. The van der Waals surface area contributed by atoms with Crippen LogP contribution in [0.1, 0.15) is 70.3 Å². The predicted octanol–water partition coefficient (Wildman–Crippen LogP) is 4.15. The molecule has 6 heteroatoms. The van der Waals surface area contributed by atoms with Gasteiger partial charge in [-0.25, -0.2) is 13.1 Å². The van der Waals surface area contributed by atoms with Crippen LogP contribution in [0.5, 0.6) is 0 Å². The highest BCUT2D eigenvalue weighted by Gasteiger charge is 2.54. The van der Waals surface area contributed by atoms with E-state index in [0.717, 1.165) is 43.4 Å². The molecule has 4 fully saturated rings. The number of carboxylic acid groups (broad SMARTS) is 1. The number of benzene rings is 1. The molecule has 4 saturated carbocycles. The molecular weight excluding hydrogens is 374 g/mol. The molecule has 1 aromatic rings. The Morgan fingerprint density at radius 1 is 1.11 bits per heavy atom. The van der Waals surface area contributed by atoms with Gasteiger partial charge in [0.05, 0.1) is 10.8 Å². The Kier molecular flexibility index (Phi) is 5.07. The van der Waals surface area contributed by atoms with E-state index in [9.17, 15) is 13.2 Å². The molecule has 154 valence electrons. The van der Waals surface area contributed by atoms with Gasteiger partial charge >= 0.3 is 5.97 Å². The minimum Gasteiger partial charge on any atom is -0.481 e. The van der Waals surface area contributed by atoms with Gasteiger partial charge in [0, 0.05) is 6.04 Å². The van der Waals surface area contributed by atoms with Crippen LogP contribution in [0, 0.1) is 23.2 Å².